The van der Waals surface area contributed by atoms with Crippen molar-refractivity contribution >= 4 is 15.9 Å². The summed E-state index contributed by atoms with van der Waals surface area (Å²) in [6.45, 7) is 1.91. The normalized spacial score (nSPS) is 15.2. The summed E-state index contributed by atoms with van der Waals surface area (Å²) in [5, 5.41) is 0. The second-order valence-electron chi connectivity index (χ2n) is 6.76. The van der Waals surface area contributed by atoms with Gasteiger partial charge in [-0.3, -0.25) is 4.79 Å². The van der Waals surface area contributed by atoms with Gasteiger partial charge < -0.3 is 9.64 Å². The van der Waals surface area contributed by atoms with E-state index in [-0.39, 0.29) is 22.9 Å². The van der Waals surface area contributed by atoms with Gasteiger partial charge in [-0.25, -0.2) is 13.1 Å². The summed E-state index contributed by atoms with van der Waals surface area (Å²) >= 11 is 0. The van der Waals surface area contributed by atoms with Gasteiger partial charge in [-0.05, 0) is 44.0 Å². The van der Waals surface area contributed by atoms with E-state index in [4.69, 9.17) is 4.74 Å². The summed E-state index contributed by atoms with van der Waals surface area (Å²) in [6, 6.07) is 13.5. The van der Waals surface area contributed by atoms with Crippen LogP contribution in [0.25, 0.3) is 0 Å². The molecule has 1 atom stereocenters. The molecule has 0 heterocycles. The number of para-hydroxylation sites is 1. The number of amides is 1. The molecule has 3 rings (SSSR count). The Bertz CT molecular complexity index is 939. The summed E-state index contributed by atoms with van der Waals surface area (Å²) in [5.74, 6) is 0.450. The Morgan fingerprint density at radius 1 is 1.19 bits per heavy atom. The Morgan fingerprint density at radius 3 is 2.56 bits per heavy atom. The fraction of sp³-hybridized carbons (Fsp3) is 0.350. The van der Waals surface area contributed by atoms with Crippen LogP contribution in [0.5, 0.6) is 5.75 Å². The molecular weight excluding hydrogens is 364 g/mol. The number of carbonyl (C=O) groups is 1. The summed E-state index contributed by atoms with van der Waals surface area (Å²) < 4.78 is 32.8. The molecule has 1 N–H and O–H groups in total. The molecule has 1 amide bonds. The summed E-state index contributed by atoms with van der Waals surface area (Å²) in [5.41, 5.74) is 1.22. The fourth-order valence-electron chi connectivity index (χ4n) is 2.88. The van der Waals surface area contributed by atoms with Gasteiger partial charge in [0.25, 0.3) is 5.91 Å². The number of benzene rings is 2. The van der Waals surface area contributed by atoms with Gasteiger partial charge >= 0.3 is 0 Å². The van der Waals surface area contributed by atoms with E-state index in [2.05, 4.69) is 4.72 Å². The van der Waals surface area contributed by atoms with E-state index >= 15 is 0 Å². The van der Waals surface area contributed by atoms with Crippen molar-refractivity contribution in [2.75, 3.05) is 14.2 Å². The van der Waals surface area contributed by atoms with Crippen molar-refractivity contribution in [3.63, 3.8) is 0 Å². The van der Waals surface area contributed by atoms with Crippen molar-refractivity contribution in [3.05, 3.63) is 59.7 Å². The predicted molar refractivity (Wildman–Crippen MR) is 103 cm³/mol. The number of ether oxygens (including phenoxy) is 1. The molecule has 1 unspecified atom stereocenters. The van der Waals surface area contributed by atoms with Gasteiger partial charge in [-0.2, -0.15) is 0 Å². The molecule has 144 valence electrons. The van der Waals surface area contributed by atoms with E-state index in [1.165, 1.54) is 12.1 Å². The van der Waals surface area contributed by atoms with E-state index in [0.29, 0.717) is 11.3 Å². The highest BCUT2D eigenvalue weighted by Gasteiger charge is 2.29. The third-order valence-electron chi connectivity index (χ3n) is 4.78. The maximum Gasteiger partial charge on any atom is 0.254 e. The van der Waals surface area contributed by atoms with Crippen molar-refractivity contribution in [2.24, 2.45) is 0 Å². The van der Waals surface area contributed by atoms with Gasteiger partial charge in [0, 0.05) is 24.2 Å². The topological polar surface area (TPSA) is 75.7 Å². The monoisotopic (exact) mass is 388 g/mol. The van der Waals surface area contributed by atoms with E-state index in [9.17, 15) is 13.2 Å². The molecule has 2 aromatic carbocycles. The fourth-order valence-corrected chi connectivity index (χ4v) is 4.24. The van der Waals surface area contributed by atoms with E-state index in [0.717, 1.165) is 18.4 Å². The highest BCUT2D eigenvalue weighted by molar-refractivity contribution is 7.89. The maximum atomic E-state index is 12.9. The Kier molecular flexibility index (Phi) is 5.53. The minimum Gasteiger partial charge on any atom is -0.496 e. The number of rotatable bonds is 7. The molecule has 1 saturated carbocycles. The molecule has 7 heteroatoms. The molecular formula is C20H24N2O4S. The Hall–Kier alpha value is -2.38. The molecule has 1 aliphatic rings. The number of hydrogen-bond acceptors (Lipinski definition) is 4. The molecule has 27 heavy (non-hydrogen) atoms. The van der Waals surface area contributed by atoms with Crippen LogP contribution in [-0.2, 0) is 10.0 Å². The standard InChI is InChI=1S/C20H24N2O4S/c1-14(18-9-4-5-10-19(18)26-3)22(2)20(23)15-7-6-8-17(13-15)27(24,25)21-16-11-12-16/h4-10,13-14,16,21H,11-12H2,1-3H3. The van der Waals surface area contributed by atoms with Crippen LogP contribution in [0.3, 0.4) is 0 Å². The SMILES string of the molecule is COc1ccccc1C(C)N(C)C(=O)c1cccc(S(=O)(=O)NC2CC2)c1. The van der Waals surface area contributed by atoms with Crippen molar-refractivity contribution < 1.29 is 17.9 Å². The zero-order valence-electron chi connectivity index (χ0n) is 15.7. The van der Waals surface area contributed by atoms with Gasteiger partial charge in [0.05, 0.1) is 18.0 Å². The number of hydrogen-bond donors (Lipinski definition) is 1. The zero-order chi connectivity index (χ0) is 19.6. The van der Waals surface area contributed by atoms with E-state index in [1.54, 1.807) is 31.2 Å². The Balaban J connectivity index is 1.83. The summed E-state index contributed by atoms with van der Waals surface area (Å²) in [6.07, 6.45) is 1.72. The van der Waals surface area contributed by atoms with Crippen molar-refractivity contribution in [1.82, 2.24) is 9.62 Å². The van der Waals surface area contributed by atoms with Gasteiger partial charge in [0.15, 0.2) is 0 Å². The number of nitrogens with one attached hydrogen (secondary N) is 1. The van der Waals surface area contributed by atoms with Crippen LogP contribution in [0.1, 0.15) is 41.7 Å². The van der Waals surface area contributed by atoms with Gasteiger partial charge in [0.1, 0.15) is 5.75 Å². The first-order valence-corrected chi connectivity index (χ1v) is 10.3. The molecule has 0 spiro atoms. The Morgan fingerprint density at radius 2 is 1.89 bits per heavy atom. The average molecular weight is 388 g/mol. The lowest BCUT2D eigenvalue weighted by atomic mass is 10.0. The molecule has 1 aliphatic carbocycles. The lowest BCUT2D eigenvalue weighted by Gasteiger charge is -2.26. The third kappa shape index (κ3) is 4.31. The van der Waals surface area contributed by atoms with E-state index < -0.39 is 10.0 Å². The smallest absolute Gasteiger partial charge is 0.254 e. The molecule has 6 nitrogen and oxygen atoms in total. The van der Waals surface area contributed by atoms with Crippen LogP contribution < -0.4 is 9.46 Å². The van der Waals surface area contributed by atoms with Crippen LogP contribution in [0.15, 0.2) is 53.4 Å². The molecule has 0 saturated heterocycles. The zero-order valence-corrected chi connectivity index (χ0v) is 16.5. The quantitative estimate of drug-likeness (QED) is 0.791. The lowest BCUT2D eigenvalue weighted by Crippen LogP contribution is -2.30. The number of sulfonamides is 1. The van der Waals surface area contributed by atoms with Crippen molar-refractivity contribution in [2.45, 2.75) is 36.7 Å². The molecule has 0 aliphatic heterocycles. The minimum atomic E-state index is -3.60. The number of nitrogens with zero attached hydrogens (tertiary/aromatic N) is 1. The first-order valence-electron chi connectivity index (χ1n) is 8.86. The van der Waals surface area contributed by atoms with Crippen LogP contribution in [0.4, 0.5) is 0 Å². The molecule has 0 radical (unpaired) electrons. The average Bonchev–Trinajstić information content (AvgIpc) is 3.49. The summed E-state index contributed by atoms with van der Waals surface area (Å²) in [7, 11) is -0.313. The summed E-state index contributed by atoms with van der Waals surface area (Å²) in [4.78, 5) is 14.6. The Labute approximate surface area is 160 Å². The highest BCUT2D eigenvalue weighted by Crippen LogP contribution is 2.29. The van der Waals surface area contributed by atoms with Crippen LogP contribution >= 0.6 is 0 Å². The van der Waals surface area contributed by atoms with Crippen LogP contribution in [0, 0.1) is 0 Å². The van der Waals surface area contributed by atoms with Gasteiger partial charge in [0.2, 0.25) is 10.0 Å². The largest absolute Gasteiger partial charge is 0.496 e. The molecule has 0 aromatic heterocycles. The first kappa shape index (κ1) is 19.4. The third-order valence-corrected chi connectivity index (χ3v) is 6.30. The lowest BCUT2D eigenvalue weighted by molar-refractivity contribution is 0.0741. The molecule has 2 aromatic rings. The van der Waals surface area contributed by atoms with Gasteiger partial charge in [-0.1, -0.05) is 24.3 Å². The van der Waals surface area contributed by atoms with Crippen molar-refractivity contribution in [3.8, 4) is 5.75 Å². The second kappa shape index (κ2) is 7.70. The second-order valence-corrected chi connectivity index (χ2v) is 8.47. The van der Waals surface area contributed by atoms with Crippen LogP contribution in [-0.4, -0.2) is 39.4 Å². The van der Waals surface area contributed by atoms with Crippen molar-refractivity contribution in [1.29, 1.82) is 0 Å². The van der Waals surface area contributed by atoms with E-state index in [1.807, 2.05) is 31.2 Å². The maximum absolute atomic E-state index is 12.9. The molecule has 1 fully saturated rings. The number of methoxy groups -OCH3 is 1. The molecule has 0 bridgehead atoms. The highest BCUT2D eigenvalue weighted by atomic mass is 32.2. The predicted octanol–water partition coefficient (Wildman–Crippen LogP) is 2.97. The first-order chi connectivity index (χ1) is 12.8. The van der Waals surface area contributed by atoms with Crippen LogP contribution in [0.2, 0.25) is 0 Å². The minimum absolute atomic E-state index is 0.0163. The number of carbonyl (C=O) groups excluding carboxylic acids is 1. The van der Waals surface area contributed by atoms with Gasteiger partial charge in [-0.15, -0.1) is 0 Å².